The quantitative estimate of drug-likeness (QED) is 0.464. The highest BCUT2D eigenvalue weighted by Gasteiger charge is 2.21. The van der Waals surface area contributed by atoms with Crippen molar-refractivity contribution in [1.82, 2.24) is 5.32 Å². The maximum atomic E-state index is 11.4. The molecule has 0 spiro atoms. The van der Waals surface area contributed by atoms with E-state index in [9.17, 15) is 9.59 Å². The van der Waals surface area contributed by atoms with Gasteiger partial charge >= 0.3 is 5.97 Å². The number of nitrogens with two attached hydrogens (primary N) is 1. The van der Waals surface area contributed by atoms with Crippen LogP contribution in [0.2, 0.25) is 0 Å². The van der Waals surface area contributed by atoms with E-state index in [1.807, 2.05) is 13.8 Å². The van der Waals surface area contributed by atoms with E-state index in [1.165, 1.54) is 0 Å². The maximum Gasteiger partial charge on any atom is 0.326 e. The lowest BCUT2D eigenvalue weighted by Crippen LogP contribution is -2.44. The van der Waals surface area contributed by atoms with E-state index in [4.69, 9.17) is 15.9 Å². The monoisotopic (exact) mass is 232 g/mol. The van der Waals surface area contributed by atoms with Crippen molar-refractivity contribution in [3.63, 3.8) is 0 Å². The van der Waals surface area contributed by atoms with Crippen LogP contribution in [0.3, 0.4) is 0 Å². The highest BCUT2D eigenvalue weighted by Crippen LogP contribution is 2.03. The molecule has 0 aliphatic carbocycles. The zero-order chi connectivity index (χ0) is 12.7. The molecule has 0 heterocycles. The number of aliphatic hydroxyl groups is 1. The van der Waals surface area contributed by atoms with Gasteiger partial charge in [0.1, 0.15) is 6.04 Å². The molecule has 1 amide bonds. The fourth-order valence-corrected chi connectivity index (χ4v) is 1.09. The lowest BCUT2D eigenvalue weighted by Gasteiger charge is -2.17. The lowest BCUT2D eigenvalue weighted by molar-refractivity contribution is -0.142. The summed E-state index contributed by atoms with van der Waals surface area (Å²) in [4.78, 5) is 22.1. The number of aliphatic hydroxyl groups excluding tert-OH is 1. The number of aliphatic carboxylic acids is 1. The van der Waals surface area contributed by atoms with E-state index in [1.54, 1.807) is 0 Å². The van der Waals surface area contributed by atoms with E-state index < -0.39 is 17.9 Å². The van der Waals surface area contributed by atoms with Gasteiger partial charge in [0.2, 0.25) is 5.91 Å². The molecule has 0 radical (unpaired) electrons. The second-order valence-corrected chi connectivity index (χ2v) is 4.08. The van der Waals surface area contributed by atoms with Crippen molar-refractivity contribution in [2.45, 2.75) is 38.8 Å². The first-order valence-corrected chi connectivity index (χ1v) is 5.27. The van der Waals surface area contributed by atoms with Crippen LogP contribution in [0, 0.1) is 5.92 Å². The molecule has 0 bridgehead atoms. The predicted molar refractivity (Wildman–Crippen MR) is 58.7 cm³/mol. The van der Waals surface area contributed by atoms with Crippen molar-refractivity contribution < 1.29 is 19.8 Å². The zero-order valence-corrected chi connectivity index (χ0v) is 9.64. The highest BCUT2D eigenvalue weighted by molar-refractivity contribution is 5.83. The second-order valence-electron chi connectivity index (χ2n) is 4.08. The molecule has 0 aromatic rings. The maximum absolute atomic E-state index is 11.4. The third kappa shape index (κ3) is 5.67. The standard InChI is InChI=1S/C10H20N2O4/c1-6(2)7(11)5-9(14)12-8(3-4-13)10(15)16/h6-8,13H,3-5,11H2,1-2H3,(H,12,14)(H,15,16)/t7?,8-/m0/s1. The van der Waals surface area contributed by atoms with Gasteiger partial charge in [-0.1, -0.05) is 13.8 Å². The molecule has 1 unspecified atom stereocenters. The average molecular weight is 232 g/mol. The molecule has 0 aliphatic heterocycles. The molecule has 0 aliphatic rings. The summed E-state index contributed by atoms with van der Waals surface area (Å²) in [6.45, 7) is 3.49. The minimum atomic E-state index is -1.15. The number of hydrogen-bond donors (Lipinski definition) is 4. The van der Waals surface area contributed by atoms with Gasteiger partial charge in [0, 0.05) is 25.5 Å². The van der Waals surface area contributed by atoms with Gasteiger partial charge in [0.15, 0.2) is 0 Å². The number of carbonyl (C=O) groups is 2. The predicted octanol–water partition coefficient (Wildman–Crippen LogP) is -0.688. The zero-order valence-electron chi connectivity index (χ0n) is 9.64. The fraction of sp³-hybridized carbons (Fsp3) is 0.800. The Morgan fingerprint density at radius 2 is 1.94 bits per heavy atom. The van der Waals surface area contributed by atoms with E-state index in [0.717, 1.165) is 0 Å². The van der Waals surface area contributed by atoms with Crippen molar-refractivity contribution >= 4 is 11.9 Å². The lowest BCUT2D eigenvalue weighted by atomic mass is 10.0. The van der Waals surface area contributed by atoms with Crippen molar-refractivity contribution in [2.75, 3.05) is 6.61 Å². The Morgan fingerprint density at radius 1 is 1.38 bits per heavy atom. The molecule has 6 nitrogen and oxygen atoms in total. The molecule has 0 rings (SSSR count). The summed E-state index contributed by atoms with van der Waals surface area (Å²) >= 11 is 0. The summed E-state index contributed by atoms with van der Waals surface area (Å²) in [5.74, 6) is -1.39. The first-order valence-electron chi connectivity index (χ1n) is 5.27. The Kier molecular flexibility index (Phi) is 6.67. The Morgan fingerprint density at radius 3 is 2.31 bits per heavy atom. The minimum Gasteiger partial charge on any atom is -0.480 e. The normalized spacial score (nSPS) is 14.6. The molecule has 0 fully saturated rings. The number of hydrogen-bond acceptors (Lipinski definition) is 4. The molecule has 0 saturated heterocycles. The van der Waals surface area contributed by atoms with E-state index >= 15 is 0 Å². The van der Waals surface area contributed by atoms with E-state index in [0.29, 0.717) is 0 Å². The van der Waals surface area contributed by atoms with Gasteiger partial charge in [-0.3, -0.25) is 4.79 Å². The fourth-order valence-electron chi connectivity index (χ4n) is 1.09. The first-order chi connectivity index (χ1) is 7.38. The van der Waals surface area contributed by atoms with E-state index in [2.05, 4.69) is 5.32 Å². The molecule has 0 aromatic carbocycles. The van der Waals surface area contributed by atoms with Crippen LogP contribution in [-0.2, 0) is 9.59 Å². The molecule has 16 heavy (non-hydrogen) atoms. The number of carbonyl (C=O) groups excluding carboxylic acids is 1. The molecule has 0 saturated carbocycles. The smallest absolute Gasteiger partial charge is 0.326 e. The van der Waals surface area contributed by atoms with Crippen LogP contribution in [0.5, 0.6) is 0 Å². The summed E-state index contributed by atoms with van der Waals surface area (Å²) < 4.78 is 0. The van der Waals surface area contributed by atoms with Gasteiger partial charge in [0.25, 0.3) is 0 Å². The molecule has 2 atom stereocenters. The van der Waals surface area contributed by atoms with Gasteiger partial charge in [0.05, 0.1) is 0 Å². The number of nitrogens with one attached hydrogen (secondary N) is 1. The van der Waals surface area contributed by atoms with Crippen LogP contribution in [-0.4, -0.2) is 40.8 Å². The van der Waals surface area contributed by atoms with Gasteiger partial charge in [-0.05, 0) is 5.92 Å². The van der Waals surface area contributed by atoms with E-state index in [-0.39, 0.29) is 31.4 Å². The Labute approximate surface area is 94.8 Å². The Bertz CT molecular complexity index is 243. The van der Waals surface area contributed by atoms with Crippen LogP contribution >= 0.6 is 0 Å². The molecular formula is C10H20N2O4. The summed E-state index contributed by atoms with van der Waals surface area (Å²) in [7, 11) is 0. The SMILES string of the molecule is CC(C)C(N)CC(=O)N[C@@H](CCO)C(=O)O. The van der Waals surface area contributed by atoms with Gasteiger partial charge in [-0.15, -0.1) is 0 Å². The number of rotatable bonds is 7. The first kappa shape index (κ1) is 14.9. The molecule has 94 valence electrons. The molecule has 5 N–H and O–H groups in total. The summed E-state index contributed by atoms with van der Waals surface area (Å²) in [6, 6.07) is -1.33. The van der Waals surface area contributed by atoms with Crippen molar-refractivity contribution in [2.24, 2.45) is 11.7 Å². The third-order valence-electron chi connectivity index (χ3n) is 2.33. The molecular weight excluding hydrogens is 212 g/mol. The molecule has 6 heteroatoms. The van der Waals surface area contributed by atoms with Crippen molar-refractivity contribution in [3.05, 3.63) is 0 Å². The van der Waals surface area contributed by atoms with Crippen LogP contribution < -0.4 is 11.1 Å². The third-order valence-corrected chi connectivity index (χ3v) is 2.33. The summed E-state index contributed by atoms with van der Waals surface area (Å²) in [5, 5.41) is 19.7. The average Bonchev–Trinajstić information content (AvgIpc) is 2.16. The highest BCUT2D eigenvalue weighted by atomic mass is 16.4. The second kappa shape index (κ2) is 7.19. The molecule has 0 aromatic heterocycles. The largest absolute Gasteiger partial charge is 0.480 e. The summed E-state index contributed by atoms with van der Waals surface area (Å²) in [6.07, 6.45) is 0.0882. The topological polar surface area (TPSA) is 113 Å². The Hall–Kier alpha value is -1.14. The van der Waals surface area contributed by atoms with Crippen molar-refractivity contribution in [1.29, 1.82) is 0 Å². The number of amides is 1. The number of carboxylic acids is 1. The van der Waals surface area contributed by atoms with Crippen molar-refractivity contribution in [3.8, 4) is 0 Å². The van der Waals surface area contributed by atoms with Crippen LogP contribution in [0.4, 0.5) is 0 Å². The summed E-state index contributed by atoms with van der Waals surface area (Å²) in [5.41, 5.74) is 5.69. The van der Waals surface area contributed by atoms with Gasteiger partial charge < -0.3 is 21.3 Å². The minimum absolute atomic E-state index is 0.00199. The van der Waals surface area contributed by atoms with Crippen LogP contribution in [0.1, 0.15) is 26.7 Å². The van der Waals surface area contributed by atoms with Gasteiger partial charge in [-0.2, -0.15) is 0 Å². The van der Waals surface area contributed by atoms with Gasteiger partial charge in [-0.25, -0.2) is 4.79 Å². The Balaban J connectivity index is 4.14. The van der Waals surface area contributed by atoms with Crippen LogP contribution in [0.25, 0.3) is 0 Å². The van der Waals surface area contributed by atoms with Crippen LogP contribution in [0.15, 0.2) is 0 Å². The number of carboxylic acid groups (broad SMARTS) is 1.